The summed E-state index contributed by atoms with van der Waals surface area (Å²) in [5.74, 6) is 0.482. The Balaban J connectivity index is 2.07. The first-order valence-electron chi connectivity index (χ1n) is 5.54. The summed E-state index contributed by atoms with van der Waals surface area (Å²) in [6.45, 7) is 1.56. The lowest BCUT2D eigenvalue weighted by Crippen LogP contribution is -2.24. The molecular formula is C13H12N2O2. The van der Waals surface area contributed by atoms with E-state index >= 15 is 0 Å². The minimum atomic E-state index is -0.267. The summed E-state index contributed by atoms with van der Waals surface area (Å²) in [5.41, 5.74) is 2.46. The van der Waals surface area contributed by atoms with E-state index in [4.69, 9.17) is 0 Å². The lowest BCUT2D eigenvalue weighted by atomic mass is 9.77. The number of hydrogen-bond donors (Lipinski definition) is 2. The molecule has 1 aromatic carbocycles. The Labute approximate surface area is 98.0 Å². The molecule has 2 aromatic rings. The Morgan fingerprint density at radius 3 is 2.88 bits per heavy atom. The lowest BCUT2D eigenvalue weighted by Gasteiger charge is -2.29. The molecule has 0 amide bonds. The van der Waals surface area contributed by atoms with E-state index in [2.05, 4.69) is 16.0 Å². The van der Waals surface area contributed by atoms with Gasteiger partial charge in [0.15, 0.2) is 0 Å². The zero-order valence-corrected chi connectivity index (χ0v) is 9.40. The fraction of sp³-hybridized carbons (Fsp3) is 0.231. The van der Waals surface area contributed by atoms with Gasteiger partial charge in [0.05, 0.1) is 5.56 Å². The molecule has 0 saturated carbocycles. The van der Waals surface area contributed by atoms with E-state index in [1.807, 2.05) is 18.2 Å². The third-order valence-electron chi connectivity index (χ3n) is 3.33. The molecule has 86 valence electrons. The lowest BCUT2D eigenvalue weighted by molar-refractivity contribution is 0.439. The first kappa shape index (κ1) is 10.1. The van der Waals surface area contributed by atoms with Gasteiger partial charge in [-0.2, -0.15) is 4.98 Å². The second-order valence-corrected chi connectivity index (χ2v) is 4.36. The van der Waals surface area contributed by atoms with Crippen LogP contribution in [0.4, 0.5) is 0 Å². The van der Waals surface area contributed by atoms with Crippen molar-refractivity contribution in [1.82, 2.24) is 9.97 Å². The van der Waals surface area contributed by atoms with Crippen molar-refractivity contribution in [1.29, 1.82) is 0 Å². The van der Waals surface area contributed by atoms with E-state index in [0.29, 0.717) is 5.82 Å². The molecule has 0 fully saturated rings. The molecule has 17 heavy (non-hydrogen) atoms. The van der Waals surface area contributed by atoms with Crippen molar-refractivity contribution in [3.8, 4) is 5.88 Å². The number of hydrogen-bond acceptors (Lipinski definition) is 3. The third kappa shape index (κ3) is 1.45. The van der Waals surface area contributed by atoms with Gasteiger partial charge >= 0.3 is 0 Å². The quantitative estimate of drug-likeness (QED) is 0.776. The highest BCUT2D eigenvalue weighted by Gasteiger charge is 2.29. The number of aromatic amines is 1. The molecule has 1 heterocycles. The molecule has 1 unspecified atom stereocenters. The molecule has 3 rings (SSSR count). The highest BCUT2D eigenvalue weighted by Crippen LogP contribution is 2.38. The summed E-state index contributed by atoms with van der Waals surface area (Å²) in [7, 11) is 0. The van der Waals surface area contributed by atoms with Gasteiger partial charge < -0.3 is 10.1 Å². The van der Waals surface area contributed by atoms with Crippen molar-refractivity contribution in [2.75, 3.05) is 0 Å². The van der Waals surface area contributed by atoms with E-state index in [0.717, 1.165) is 6.42 Å². The molecule has 0 spiro atoms. The predicted octanol–water partition coefficient (Wildman–Crippen LogP) is 1.47. The fourth-order valence-corrected chi connectivity index (χ4v) is 2.21. The second-order valence-electron chi connectivity index (χ2n) is 4.36. The second kappa shape index (κ2) is 3.45. The Morgan fingerprint density at radius 2 is 2.18 bits per heavy atom. The fourth-order valence-electron chi connectivity index (χ4n) is 2.21. The van der Waals surface area contributed by atoms with Crippen LogP contribution in [-0.4, -0.2) is 15.1 Å². The van der Waals surface area contributed by atoms with Gasteiger partial charge in [0.25, 0.3) is 5.56 Å². The zero-order valence-electron chi connectivity index (χ0n) is 9.40. The number of aromatic hydroxyl groups is 1. The van der Waals surface area contributed by atoms with Gasteiger partial charge in [0.2, 0.25) is 5.88 Å². The Kier molecular flexibility index (Phi) is 2.04. The normalized spacial score (nSPS) is 17.4. The number of nitrogens with zero attached hydrogens (tertiary/aromatic N) is 1. The minimum absolute atomic E-state index is 0.102. The standard InChI is InChI=1S/C13H12N2O2/c1-7-12(16)14-11(15-13(7)17)10-6-8-4-2-3-5-9(8)10/h2-5,10H,6H2,1H3,(H2,14,15,16,17). The molecule has 4 nitrogen and oxygen atoms in total. The van der Waals surface area contributed by atoms with Crippen LogP contribution in [0.5, 0.6) is 5.88 Å². The molecular weight excluding hydrogens is 216 g/mol. The molecule has 0 radical (unpaired) electrons. The maximum Gasteiger partial charge on any atom is 0.257 e. The Morgan fingerprint density at radius 1 is 1.41 bits per heavy atom. The maximum absolute atomic E-state index is 11.6. The summed E-state index contributed by atoms with van der Waals surface area (Å²) in [6.07, 6.45) is 0.863. The first-order chi connectivity index (χ1) is 8.16. The SMILES string of the molecule is Cc1c(O)nc(C2Cc3ccccc32)[nH]c1=O. The summed E-state index contributed by atoms with van der Waals surface area (Å²) >= 11 is 0. The van der Waals surface area contributed by atoms with Gasteiger partial charge in [-0.1, -0.05) is 24.3 Å². The van der Waals surface area contributed by atoms with Crippen LogP contribution in [0, 0.1) is 6.92 Å². The van der Waals surface area contributed by atoms with E-state index in [1.165, 1.54) is 11.1 Å². The van der Waals surface area contributed by atoms with Crippen LogP contribution in [0.2, 0.25) is 0 Å². The van der Waals surface area contributed by atoms with Crippen LogP contribution in [0.25, 0.3) is 0 Å². The molecule has 1 atom stereocenters. The number of fused-ring (bicyclic) bond motifs is 1. The molecule has 1 aliphatic rings. The maximum atomic E-state index is 11.6. The number of aromatic nitrogens is 2. The van der Waals surface area contributed by atoms with Gasteiger partial charge in [0.1, 0.15) is 5.82 Å². The summed E-state index contributed by atoms with van der Waals surface area (Å²) in [4.78, 5) is 18.3. The molecule has 0 bridgehead atoms. The van der Waals surface area contributed by atoms with Gasteiger partial charge in [0, 0.05) is 5.92 Å². The molecule has 0 saturated heterocycles. The van der Waals surface area contributed by atoms with Crippen molar-refractivity contribution in [2.45, 2.75) is 19.3 Å². The molecule has 2 N–H and O–H groups in total. The zero-order chi connectivity index (χ0) is 12.0. The number of H-pyrrole nitrogens is 1. The monoisotopic (exact) mass is 228 g/mol. The van der Waals surface area contributed by atoms with Crippen LogP contribution < -0.4 is 5.56 Å². The van der Waals surface area contributed by atoms with Crippen LogP contribution in [0.3, 0.4) is 0 Å². The third-order valence-corrected chi connectivity index (χ3v) is 3.33. The van der Waals surface area contributed by atoms with Crippen LogP contribution >= 0.6 is 0 Å². The smallest absolute Gasteiger partial charge is 0.257 e. The number of nitrogens with one attached hydrogen (secondary N) is 1. The van der Waals surface area contributed by atoms with Crippen LogP contribution in [0.15, 0.2) is 29.1 Å². The summed E-state index contributed by atoms with van der Waals surface area (Å²) < 4.78 is 0. The predicted molar refractivity (Wildman–Crippen MR) is 63.2 cm³/mol. The highest BCUT2D eigenvalue weighted by atomic mass is 16.3. The topological polar surface area (TPSA) is 66.0 Å². The molecule has 1 aliphatic carbocycles. The number of benzene rings is 1. The van der Waals surface area contributed by atoms with Gasteiger partial charge in [-0.15, -0.1) is 0 Å². The van der Waals surface area contributed by atoms with Gasteiger partial charge in [-0.25, -0.2) is 0 Å². The average molecular weight is 228 g/mol. The Hall–Kier alpha value is -2.10. The summed E-state index contributed by atoms with van der Waals surface area (Å²) in [5, 5.41) is 9.57. The molecule has 0 aliphatic heterocycles. The first-order valence-corrected chi connectivity index (χ1v) is 5.54. The van der Waals surface area contributed by atoms with Crippen molar-refractivity contribution in [3.05, 3.63) is 57.1 Å². The van der Waals surface area contributed by atoms with E-state index in [1.54, 1.807) is 6.92 Å². The molecule has 1 aromatic heterocycles. The largest absolute Gasteiger partial charge is 0.493 e. The van der Waals surface area contributed by atoms with Crippen molar-refractivity contribution in [2.24, 2.45) is 0 Å². The van der Waals surface area contributed by atoms with Crippen LogP contribution in [0.1, 0.15) is 28.4 Å². The van der Waals surface area contributed by atoms with E-state index < -0.39 is 0 Å². The number of rotatable bonds is 1. The average Bonchev–Trinajstić information content (AvgIpc) is 2.27. The van der Waals surface area contributed by atoms with Crippen LogP contribution in [-0.2, 0) is 6.42 Å². The van der Waals surface area contributed by atoms with Crippen molar-refractivity contribution < 1.29 is 5.11 Å². The van der Waals surface area contributed by atoms with E-state index in [9.17, 15) is 9.90 Å². The van der Waals surface area contributed by atoms with Gasteiger partial charge in [-0.05, 0) is 24.5 Å². The Bertz CT molecular complexity index is 646. The van der Waals surface area contributed by atoms with Gasteiger partial charge in [-0.3, -0.25) is 4.79 Å². The van der Waals surface area contributed by atoms with Crippen molar-refractivity contribution >= 4 is 0 Å². The summed E-state index contributed by atoms with van der Waals surface area (Å²) in [6, 6.07) is 8.06. The minimum Gasteiger partial charge on any atom is -0.493 e. The van der Waals surface area contributed by atoms with E-state index in [-0.39, 0.29) is 22.9 Å². The molecule has 4 heteroatoms. The van der Waals surface area contributed by atoms with Crippen molar-refractivity contribution in [3.63, 3.8) is 0 Å². The highest BCUT2D eigenvalue weighted by molar-refractivity contribution is 5.44.